The molecule has 12 nitrogen and oxygen atoms in total. The Kier molecular flexibility index (Phi) is 7.64. The summed E-state index contributed by atoms with van der Waals surface area (Å²) in [6, 6.07) is 2.90. The van der Waals surface area contributed by atoms with Crippen molar-refractivity contribution in [1.82, 2.24) is 19.6 Å². The molecule has 4 rings (SSSR count). The first kappa shape index (κ1) is 25.3. The van der Waals surface area contributed by atoms with Crippen molar-refractivity contribution in [2.75, 3.05) is 18.1 Å². The van der Waals surface area contributed by atoms with Gasteiger partial charge in [0, 0.05) is 34.5 Å². The SMILES string of the molecule is C=CCON=C(C(=O)NC1C(=O)N2C(C(=O)[O-])=C(C[n+]3cccc(CC)c3)CS[C@@H]12)c1nsc(N)n1. The normalized spacial score (nSPS) is 19.4. The number of nitrogens with two attached hydrogens (primary N) is 1. The number of oxime groups is 1. The second kappa shape index (κ2) is 10.9. The standard InChI is InChI=1S/C22H23N7O5S2/c1-3-8-34-26-14(17-25-22(23)36-27-17)18(30)24-15-19(31)29-16(21(32)33)13(11-35-20(15)29)10-28-7-5-6-12(4-2)9-28/h3,5-7,9,15,20H,1,4,8,10-11H2,2H3,(H3-,23,24,25,27,30,32,33)/t15?,20-/m0/s1. The average Bonchev–Trinajstić information content (AvgIpc) is 3.30. The van der Waals surface area contributed by atoms with E-state index in [2.05, 4.69) is 26.4 Å². The molecule has 2 aromatic heterocycles. The largest absolute Gasteiger partial charge is 0.543 e. The highest BCUT2D eigenvalue weighted by molar-refractivity contribution is 8.00. The van der Waals surface area contributed by atoms with E-state index in [0.29, 0.717) is 17.9 Å². The number of β-lactam (4-membered cyclic amide) rings is 1. The quantitative estimate of drug-likeness (QED) is 0.0978. The zero-order valence-electron chi connectivity index (χ0n) is 19.2. The number of aromatic nitrogens is 3. The zero-order chi connectivity index (χ0) is 25.8. The molecule has 2 atom stereocenters. The Morgan fingerprint density at radius 2 is 2.31 bits per heavy atom. The molecular formula is C22H23N7O5S2. The number of carbonyl (C=O) groups is 3. The summed E-state index contributed by atoms with van der Waals surface area (Å²) >= 11 is 2.23. The molecule has 2 aliphatic rings. The monoisotopic (exact) mass is 529 g/mol. The van der Waals surface area contributed by atoms with Crippen molar-refractivity contribution in [3.63, 3.8) is 0 Å². The summed E-state index contributed by atoms with van der Waals surface area (Å²) in [6.07, 6.45) is 6.05. The van der Waals surface area contributed by atoms with Crippen LogP contribution in [0.25, 0.3) is 0 Å². The zero-order valence-corrected chi connectivity index (χ0v) is 20.9. The molecule has 0 spiro atoms. The molecule has 1 saturated heterocycles. The van der Waals surface area contributed by atoms with Crippen molar-refractivity contribution in [3.8, 4) is 0 Å². The number of aliphatic carboxylic acids is 1. The summed E-state index contributed by atoms with van der Waals surface area (Å²) in [4.78, 5) is 48.2. The van der Waals surface area contributed by atoms with Crippen LogP contribution in [0.1, 0.15) is 18.3 Å². The van der Waals surface area contributed by atoms with Crippen LogP contribution < -0.4 is 20.7 Å². The number of hydrogen-bond donors (Lipinski definition) is 2. The van der Waals surface area contributed by atoms with Gasteiger partial charge in [-0.15, -0.1) is 11.8 Å². The van der Waals surface area contributed by atoms with Crippen molar-refractivity contribution < 1.29 is 28.9 Å². The number of fused-ring (bicyclic) bond motifs is 1. The number of nitrogens with one attached hydrogen (secondary N) is 1. The summed E-state index contributed by atoms with van der Waals surface area (Å²) in [5, 5.41) is 17.9. The van der Waals surface area contributed by atoms with E-state index in [1.165, 1.54) is 17.8 Å². The Morgan fingerprint density at radius 3 is 2.97 bits per heavy atom. The number of thioether (sulfide) groups is 1. The molecule has 188 valence electrons. The molecule has 1 fully saturated rings. The topological polar surface area (TPSA) is 167 Å². The molecule has 0 bridgehead atoms. The first-order chi connectivity index (χ1) is 17.3. The number of rotatable bonds is 10. The minimum absolute atomic E-state index is 0.0345. The maximum atomic E-state index is 13.0. The van der Waals surface area contributed by atoms with E-state index >= 15 is 0 Å². The molecule has 3 N–H and O–H groups in total. The molecule has 4 heterocycles. The number of nitrogens with zero attached hydrogens (tertiary/aromatic N) is 5. The van der Waals surface area contributed by atoms with E-state index in [0.717, 1.165) is 28.4 Å². The Balaban J connectivity index is 1.53. The van der Waals surface area contributed by atoms with Gasteiger partial charge in [0.15, 0.2) is 24.1 Å². The highest BCUT2D eigenvalue weighted by Gasteiger charge is 2.53. The fourth-order valence-corrected chi connectivity index (χ4v) is 5.55. The van der Waals surface area contributed by atoms with Crippen LogP contribution in [0.15, 0.2) is 53.6 Å². The first-order valence-corrected chi connectivity index (χ1v) is 12.7. The number of nitrogen functional groups attached to an aromatic ring is 1. The molecule has 36 heavy (non-hydrogen) atoms. The van der Waals surface area contributed by atoms with Gasteiger partial charge in [0.2, 0.25) is 11.5 Å². The number of aryl methyl sites for hydroxylation is 1. The van der Waals surface area contributed by atoms with E-state index in [9.17, 15) is 19.5 Å². The molecule has 2 aliphatic heterocycles. The fraction of sp³-hybridized carbons (Fsp3) is 0.318. The maximum Gasteiger partial charge on any atom is 0.278 e. The predicted molar refractivity (Wildman–Crippen MR) is 130 cm³/mol. The Labute approximate surface area is 214 Å². The lowest BCUT2D eigenvalue weighted by Crippen LogP contribution is -2.71. The second-order valence-electron chi connectivity index (χ2n) is 7.82. The van der Waals surface area contributed by atoms with Gasteiger partial charge in [-0.05, 0) is 12.5 Å². The number of hydrogen-bond acceptors (Lipinski definition) is 11. The lowest BCUT2D eigenvalue weighted by Gasteiger charge is -2.50. The summed E-state index contributed by atoms with van der Waals surface area (Å²) in [7, 11) is 0. The number of anilines is 1. The highest BCUT2D eigenvalue weighted by atomic mass is 32.2. The van der Waals surface area contributed by atoms with Gasteiger partial charge in [-0.25, -0.2) is 4.57 Å². The fourth-order valence-electron chi connectivity index (χ4n) is 3.78. The Bertz CT molecular complexity index is 1270. The van der Waals surface area contributed by atoms with Crippen LogP contribution in [0, 0.1) is 0 Å². The Hall–Kier alpha value is -3.78. The van der Waals surface area contributed by atoms with Crippen molar-refractivity contribution in [2.24, 2.45) is 5.16 Å². The summed E-state index contributed by atoms with van der Waals surface area (Å²) < 4.78 is 5.85. The molecule has 2 amide bonds. The first-order valence-electron chi connectivity index (χ1n) is 10.9. The predicted octanol–water partition coefficient (Wildman–Crippen LogP) is -1.02. The van der Waals surface area contributed by atoms with Crippen LogP contribution in [-0.2, 0) is 32.2 Å². The maximum absolute atomic E-state index is 13.0. The van der Waals surface area contributed by atoms with E-state index < -0.39 is 29.2 Å². The average molecular weight is 530 g/mol. The van der Waals surface area contributed by atoms with E-state index in [-0.39, 0.29) is 29.0 Å². The molecule has 0 aromatic carbocycles. The van der Waals surface area contributed by atoms with Gasteiger partial charge in [-0.3, -0.25) is 14.5 Å². The van der Waals surface area contributed by atoms with Crippen LogP contribution >= 0.6 is 23.3 Å². The minimum atomic E-state index is -1.44. The van der Waals surface area contributed by atoms with Crippen molar-refractivity contribution in [3.05, 3.63) is 59.8 Å². The molecule has 2 aromatic rings. The lowest BCUT2D eigenvalue weighted by molar-refractivity contribution is -0.689. The van der Waals surface area contributed by atoms with Gasteiger partial charge >= 0.3 is 0 Å². The molecule has 14 heteroatoms. The van der Waals surface area contributed by atoms with E-state index in [4.69, 9.17) is 10.6 Å². The molecular weight excluding hydrogens is 506 g/mol. The van der Waals surface area contributed by atoms with Gasteiger partial charge in [0.25, 0.3) is 11.8 Å². The lowest BCUT2D eigenvalue weighted by atomic mass is 10.0. The van der Waals surface area contributed by atoms with Gasteiger partial charge < -0.3 is 25.8 Å². The van der Waals surface area contributed by atoms with Gasteiger partial charge in [0.05, 0.1) is 11.7 Å². The third-order valence-electron chi connectivity index (χ3n) is 5.45. The molecule has 1 unspecified atom stereocenters. The molecule has 0 radical (unpaired) electrons. The van der Waals surface area contributed by atoms with Crippen molar-refractivity contribution >= 4 is 51.9 Å². The minimum Gasteiger partial charge on any atom is -0.543 e. The molecule has 0 saturated carbocycles. The summed E-state index contributed by atoms with van der Waals surface area (Å²) in [5.41, 5.74) is 6.84. The van der Waals surface area contributed by atoms with Crippen LogP contribution in [0.4, 0.5) is 5.13 Å². The van der Waals surface area contributed by atoms with Gasteiger partial charge in [0.1, 0.15) is 18.0 Å². The van der Waals surface area contributed by atoms with Gasteiger partial charge in [-0.1, -0.05) is 24.7 Å². The van der Waals surface area contributed by atoms with Gasteiger partial charge in [-0.2, -0.15) is 9.36 Å². The van der Waals surface area contributed by atoms with Crippen molar-refractivity contribution in [1.29, 1.82) is 0 Å². The van der Waals surface area contributed by atoms with Crippen LogP contribution in [0.3, 0.4) is 0 Å². The number of pyridine rings is 1. The molecule has 0 aliphatic carbocycles. The second-order valence-corrected chi connectivity index (χ2v) is 9.71. The van der Waals surface area contributed by atoms with Crippen LogP contribution in [0.5, 0.6) is 0 Å². The van der Waals surface area contributed by atoms with Crippen LogP contribution in [-0.4, -0.2) is 61.5 Å². The highest BCUT2D eigenvalue weighted by Crippen LogP contribution is 2.40. The number of carbonyl (C=O) groups excluding carboxylic acids is 3. The summed E-state index contributed by atoms with van der Waals surface area (Å²) in [6.45, 7) is 5.87. The third-order valence-corrected chi connectivity index (χ3v) is 7.33. The number of carboxylic acids is 1. The smallest absolute Gasteiger partial charge is 0.278 e. The third kappa shape index (κ3) is 5.09. The number of carboxylic acid groups (broad SMARTS) is 1. The summed E-state index contributed by atoms with van der Waals surface area (Å²) in [5.74, 6) is -2.47. The van der Waals surface area contributed by atoms with Crippen LogP contribution in [0.2, 0.25) is 0 Å². The van der Waals surface area contributed by atoms with E-state index in [1.54, 1.807) is 0 Å². The number of amides is 2. The Morgan fingerprint density at radius 1 is 1.50 bits per heavy atom. The van der Waals surface area contributed by atoms with Crippen molar-refractivity contribution in [2.45, 2.75) is 31.3 Å². The van der Waals surface area contributed by atoms with E-state index in [1.807, 2.05) is 36.0 Å².